The summed E-state index contributed by atoms with van der Waals surface area (Å²) in [6, 6.07) is 0. The summed E-state index contributed by atoms with van der Waals surface area (Å²) in [6.45, 7) is 10.2. The minimum atomic E-state index is -0.540. The number of amides is 2. The number of halogens is 1. The number of rotatable bonds is 6. The Morgan fingerprint density at radius 2 is 1.47 bits per heavy atom. The van der Waals surface area contributed by atoms with Crippen molar-refractivity contribution < 1.29 is 14.3 Å². The van der Waals surface area contributed by atoms with Crippen molar-refractivity contribution in [3.05, 3.63) is 0 Å². The fourth-order valence-electron chi connectivity index (χ4n) is 1.17. The van der Waals surface area contributed by atoms with Crippen LogP contribution in [0.1, 0.15) is 47.5 Å². The van der Waals surface area contributed by atoms with Crippen LogP contribution in [-0.4, -0.2) is 35.0 Å². The lowest BCUT2D eigenvalue weighted by Crippen LogP contribution is -2.38. The highest BCUT2D eigenvalue weighted by Gasteiger charge is 2.22. The van der Waals surface area contributed by atoms with Gasteiger partial charge in [-0.25, -0.2) is 4.79 Å². The quantitative estimate of drug-likeness (QED) is 0.578. The van der Waals surface area contributed by atoms with E-state index in [-0.39, 0.29) is 5.91 Å². The average molecular weight is 337 g/mol. The molecule has 2 N–H and O–H groups in total. The molecule has 6 heteroatoms. The van der Waals surface area contributed by atoms with E-state index in [1.807, 2.05) is 20.8 Å². The number of ether oxygens (including phenoxy) is 1. The summed E-state index contributed by atoms with van der Waals surface area (Å²) in [6.07, 6.45) is 1.20. The lowest BCUT2D eigenvalue weighted by molar-refractivity contribution is -0.122. The van der Waals surface area contributed by atoms with Crippen molar-refractivity contribution in [2.75, 3.05) is 13.1 Å². The number of carbonyl (C=O) groups is 2. The van der Waals surface area contributed by atoms with E-state index in [0.717, 1.165) is 12.8 Å². The Balaban J connectivity index is 3.57. The van der Waals surface area contributed by atoms with Crippen molar-refractivity contribution in [2.24, 2.45) is 0 Å². The Morgan fingerprint density at radius 1 is 1.00 bits per heavy atom. The van der Waals surface area contributed by atoms with E-state index in [0.29, 0.717) is 13.1 Å². The third kappa shape index (κ3) is 10.8. The highest BCUT2D eigenvalue weighted by molar-refractivity contribution is 9.10. The molecule has 0 aliphatic heterocycles. The summed E-state index contributed by atoms with van der Waals surface area (Å²) in [7, 11) is 0. The average Bonchev–Trinajstić information content (AvgIpc) is 2.18. The van der Waals surface area contributed by atoms with Crippen LogP contribution in [-0.2, 0) is 9.53 Å². The van der Waals surface area contributed by atoms with Gasteiger partial charge in [0, 0.05) is 13.1 Å². The molecule has 0 aromatic heterocycles. The van der Waals surface area contributed by atoms with Crippen molar-refractivity contribution in [3.8, 4) is 0 Å². The molecule has 0 aromatic rings. The van der Waals surface area contributed by atoms with Gasteiger partial charge in [-0.1, -0.05) is 15.9 Å². The van der Waals surface area contributed by atoms with Gasteiger partial charge in [0.15, 0.2) is 0 Å². The Morgan fingerprint density at radius 3 is 1.89 bits per heavy atom. The first-order chi connectivity index (χ1) is 8.52. The zero-order chi connectivity index (χ0) is 15.1. The lowest BCUT2D eigenvalue weighted by Gasteiger charge is -2.19. The normalized spacial score (nSPS) is 11.9. The molecule has 2 amide bonds. The Kier molecular flexibility index (Phi) is 7.41. The van der Waals surface area contributed by atoms with E-state index < -0.39 is 16.0 Å². The Hall–Kier alpha value is -0.780. The predicted molar refractivity (Wildman–Crippen MR) is 79.5 cm³/mol. The van der Waals surface area contributed by atoms with E-state index in [1.54, 1.807) is 13.8 Å². The first-order valence-corrected chi connectivity index (χ1v) is 7.26. The van der Waals surface area contributed by atoms with Crippen LogP contribution in [0.4, 0.5) is 4.79 Å². The van der Waals surface area contributed by atoms with Crippen LogP contribution in [0.3, 0.4) is 0 Å². The Labute approximate surface area is 124 Å². The van der Waals surface area contributed by atoms with E-state index in [4.69, 9.17) is 4.74 Å². The number of hydrogen-bond donors (Lipinski definition) is 2. The number of alkyl carbamates (subject to hydrolysis) is 1. The molecule has 0 rings (SSSR count). The van der Waals surface area contributed by atoms with Gasteiger partial charge < -0.3 is 15.4 Å². The molecule has 0 fully saturated rings. The molecule has 0 spiro atoms. The summed E-state index contributed by atoms with van der Waals surface area (Å²) in [4.78, 5) is 22.8. The van der Waals surface area contributed by atoms with E-state index in [2.05, 4.69) is 26.6 Å². The van der Waals surface area contributed by atoms with Crippen molar-refractivity contribution in [1.82, 2.24) is 10.6 Å². The standard InChI is InChI=1S/C13H25BrN2O3/c1-12(2,3)19-11(18)16-9-7-6-8-15-10(17)13(4,5)14/h6-9H2,1-5H3,(H,15,17)(H,16,18). The van der Waals surface area contributed by atoms with Gasteiger partial charge in [-0.3, -0.25) is 4.79 Å². The number of carbonyl (C=O) groups excluding carboxylic acids is 2. The predicted octanol–water partition coefficient (Wildman–Crippen LogP) is 2.58. The van der Waals surface area contributed by atoms with Crippen molar-refractivity contribution >= 4 is 27.9 Å². The molecule has 0 saturated heterocycles. The second-order valence-electron chi connectivity index (χ2n) is 5.86. The van der Waals surface area contributed by atoms with Crippen LogP contribution in [0.25, 0.3) is 0 Å². The largest absolute Gasteiger partial charge is 0.444 e. The maximum Gasteiger partial charge on any atom is 0.407 e. The zero-order valence-electron chi connectivity index (χ0n) is 12.4. The fraction of sp³-hybridized carbons (Fsp3) is 0.846. The van der Waals surface area contributed by atoms with Crippen LogP contribution >= 0.6 is 15.9 Å². The van der Waals surface area contributed by atoms with Gasteiger partial charge in [0.25, 0.3) is 0 Å². The zero-order valence-corrected chi connectivity index (χ0v) is 14.0. The molecule has 112 valence electrons. The second-order valence-corrected chi connectivity index (χ2v) is 7.85. The molecule has 19 heavy (non-hydrogen) atoms. The van der Waals surface area contributed by atoms with Gasteiger partial charge in [-0.2, -0.15) is 0 Å². The fourth-order valence-corrected chi connectivity index (χ4v) is 1.31. The summed E-state index contributed by atoms with van der Waals surface area (Å²) in [5.41, 5.74) is -0.473. The van der Waals surface area contributed by atoms with Gasteiger partial charge >= 0.3 is 6.09 Å². The third-order valence-electron chi connectivity index (χ3n) is 2.10. The summed E-state index contributed by atoms with van der Waals surface area (Å²) in [5.74, 6) is -0.0346. The van der Waals surface area contributed by atoms with Crippen molar-refractivity contribution in [3.63, 3.8) is 0 Å². The van der Waals surface area contributed by atoms with E-state index in [1.165, 1.54) is 0 Å². The topological polar surface area (TPSA) is 67.4 Å². The van der Waals surface area contributed by atoms with E-state index in [9.17, 15) is 9.59 Å². The SMILES string of the molecule is CC(C)(C)OC(=O)NCCCCNC(=O)C(C)(C)Br. The van der Waals surface area contributed by atoms with Crippen LogP contribution in [0.15, 0.2) is 0 Å². The molecule has 0 heterocycles. The first-order valence-electron chi connectivity index (χ1n) is 6.46. The number of nitrogens with one attached hydrogen (secondary N) is 2. The molecule has 0 atom stereocenters. The molecule has 0 saturated carbocycles. The highest BCUT2D eigenvalue weighted by atomic mass is 79.9. The molecule has 0 aliphatic carbocycles. The molecule has 0 aliphatic rings. The van der Waals surface area contributed by atoms with Gasteiger partial charge in [-0.15, -0.1) is 0 Å². The van der Waals surface area contributed by atoms with Crippen LogP contribution in [0.5, 0.6) is 0 Å². The van der Waals surface area contributed by atoms with Crippen molar-refractivity contribution in [2.45, 2.75) is 57.4 Å². The molecule has 0 unspecified atom stereocenters. The smallest absolute Gasteiger partial charge is 0.407 e. The third-order valence-corrected chi connectivity index (χ3v) is 2.46. The number of alkyl halides is 1. The van der Waals surface area contributed by atoms with Crippen molar-refractivity contribution in [1.29, 1.82) is 0 Å². The summed E-state index contributed by atoms with van der Waals surface area (Å²) in [5, 5.41) is 5.49. The highest BCUT2D eigenvalue weighted by Crippen LogP contribution is 2.15. The molecular weight excluding hydrogens is 312 g/mol. The molecular formula is C13H25BrN2O3. The minimum absolute atomic E-state index is 0.0346. The minimum Gasteiger partial charge on any atom is -0.444 e. The van der Waals surface area contributed by atoms with Crippen LogP contribution in [0.2, 0.25) is 0 Å². The molecule has 0 bridgehead atoms. The molecule has 0 radical (unpaired) electrons. The maximum absolute atomic E-state index is 11.5. The van der Waals surface area contributed by atoms with Crippen LogP contribution in [0, 0.1) is 0 Å². The number of hydrogen-bond acceptors (Lipinski definition) is 3. The maximum atomic E-state index is 11.5. The summed E-state index contributed by atoms with van der Waals surface area (Å²) >= 11 is 3.29. The lowest BCUT2D eigenvalue weighted by atomic mass is 10.2. The first kappa shape index (κ1) is 18.2. The van der Waals surface area contributed by atoms with Gasteiger partial charge in [-0.05, 0) is 47.5 Å². The van der Waals surface area contributed by atoms with Gasteiger partial charge in [0.2, 0.25) is 5.91 Å². The Bertz CT molecular complexity index is 306. The van der Waals surface area contributed by atoms with E-state index >= 15 is 0 Å². The van der Waals surface area contributed by atoms with Crippen LogP contribution < -0.4 is 10.6 Å². The van der Waals surface area contributed by atoms with Gasteiger partial charge in [0.1, 0.15) is 5.60 Å². The van der Waals surface area contributed by atoms with Gasteiger partial charge in [0.05, 0.1) is 4.32 Å². The second kappa shape index (κ2) is 7.72. The number of unbranched alkanes of at least 4 members (excludes halogenated alkanes) is 1. The molecule has 5 nitrogen and oxygen atoms in total. The summed E-state index contributed by atoms with van der Waals surface area (Å²) < 4.78 is 4.56. The molecule has 0 aromatic carbocycles. The monoisotopic (exact) mass is 336 g/mol.